The van der Waals surface area contributed by atoms with E-state index < -0.39 is 17.7 Å². The van der Waals surface area contributed by atoms with Crippen LogP contribution in [0.2, 0.25) is 0 Å². The Kier molecular flexibility index (Phi) is 7.73. The van der Waals surface area contributed by atoms with Gasteiger partial charge in [0.2, 0.25) is 11.8 Å². The first-order valence-corrected chi connectivity index (χ1v) is 11.0. The number of carbonyl (C=O) groups excluding carboxylic acids is 3. The average molecular weight is 432 g/mol. The maximum Gasteiger partial charge on any atom is 0.408 e. The van der Waals surface area contributed by atoms with Gasteiger partial charge in [-0.15, -0.1) is 0 Å². The molecule has 0 heterocycles. The second-order valence-electron chi connectivity index (χ2n) is 9.79. The van der Waals surface area contributed by atoms with Crippen molar-refractivity contribution in [3.05, 3.63) is 34.9 Å². The molecule has 0 spiro atoms. The van der Waals surface area contributed by atoms with Gasteiger partial charge >= 0.3 is 6.09 Å². The highest BCUT2D eigenvalue weighted by Gasteiger charge is 2.46. The van der Waals surface area contributed by atoms with Crippen LogP contribution in [0.5, 0.6) is 0 Å². The third kappa shape index (κ3) is 6.71. The number of aryl methyl sites for hydroxylation is 1. The molecule has 0 aliphatic heterocycles. The molecule has 0 bridgehead atoms. The van der Waals surface area contributed by atoms with E-state index in [9.17, 15) is 14.4 Å². The fraction of sp³-hybridized carbons (Fsp3) is 0.625. The minimum atomic E-state index is -0.759. The molecule has 1 aliphatic rings. The van der Waals surface area contributed by atoms with Crippen molar-refractivity contribution in [1.29, 1.82) is 0 Å². The molecule has 172 valence electrons. The van der Waals surface area contributed by atoms with Gasteiger partial charge < -0.3 is 20.3 Å². The summed E-state index contributed by atoms with van der Waals surface area (Å²) in [5.74, 6) is -0.219. The van der Waals surface area contributed by atoms with Gasteiger partial charge in [-0.2, -0.15) is 0 Å². The van der Waals surface area contributed by atoms with Gasteiger partial charge in [0.1, 0.15) is 18.2 Å². The van der Waals surface area contributed by atoms with Crippen LogP contribution in [0, 0.1) is 19.8 Å². The third-order valence-corrected chi connectivity index (χ3v) is 5.39. The van der Waals surface area contributed by atoms with E-state index in [1.54, 1.807) is 25.7 Å². The van der Waals surface area contributed by atoms with Gasteiger partial charge in [-0.3, -0.25) is 9.59 Å². The Morgan fingerprint density at radius 2 is 1.81 bits per heavy atom. The molecular weight excluding hydrogens is 394 g/mol. The number of amides is 3. The summed E-state index contributed by atoms with van der Waals surface area (Å²) < 4.78 is 5.25. The van der Waals surface area contributed by atoms with Crippen molar-refractivity contribution in [3.8, 4) is 0 Å². The Labute approximate surface area is 185 Å². The zero-order valence-electron chi connectivity index (χ0n) is 20.0. The molecule has 3 unspecified atom stereocenters. The number of alkyl carbamates (subject to hydrolysis) is 1. The van der Waals surface area contributed by atoms with Crippen molar-refractivity contribution in [3.63, 3.8) is 0 Å². The largest absolute Gasteiger partial charge is 0.444 e. The molecule has 1 aromatic carbocycles. The van der Waals surface area contributed by atoms with Crippen LogP contribution in [0.15, 0.2) is 18.2 Å². The molecule has 0 radical (unpaired) electrons. The summed E-state index contributed by atoms with van der Waals surface area (Å²) in [6.07, 6.45) is 0.175. The van der Waals surface area contributed by atoms with Crippen molar-refractivity contribution >= 4 is 17.9 Å². The number of nitrogens with zero attached hydrogens (tertiary/aromatic N) is 1. The number of carbonyl (C=O) groups is 3. The molecule has 1 saturated carbocycles. The average Bonchev–Trinajstić information content (AvgIpc) is 3.34. The zero-order valence-corrected chi connectivity index (χ0v) is 20.0. The summed E-state index contributed by atoms with van der Waals surface area (Å²) in [5, 5.41) is 5.52. The second kappa shape index (κ2) is 9.71. The van der Waals surface area contributed by atoms with E-state index in [0.717, 1.165) is 23.1 Å². The first-order chi connectivity index (χ1) is 14.3. The minimum absolute atomic E-state index is 0.0456. The smallest absolute Gasteiger partial charge is 0.408 e. The zero-order chi connectivity index (χ0) is 23.5. The predicted molar refractivity (Wildman–Crippen MR) is 121 cm³/mol. The molecule has 1 fully saturated rings. The van der Waals surface area contributed by atoms with E-state index in [-0.39, 0.29) is 30.4 Å². The van der Waals surface area contributed by atoms with Crippen LogP contribution in [0.25, 0.3) is 0 Å². The molecule has 31 heavy (non-hydrogen) atoms. The predicted octanol–water partition coefficient (Wildman–Crippen LogP) is 3.63. The Bertz CT molecular complexity index is 829. The fourth-order valence-electron chi connectivity index (χ4n) is 3.61. The van der Waals surface area contributed by atoms with Crippen molar-refractivity contribution in [2.24, 2.45) is 5.92 Å². The SMILES string of the molecule is Cc1cccc(C(C(=O)NC(C)C)N(C(=O)CNC(=O)OC(C)(C)C)C2CC2C)c1C. The number of ether oxygens (including phenoxy) is 1. The Morgan fingerprint density at radius 1 is 1.19 bits per heavy atom. The monoisotopic (exact) mass is 431 g/mol. The number of hydrogen-bond acceptors (Lipinski definition) is 4. The summed E-state index contributed by atoms with van der Waals surface area (Å²) in [4.78, 5) is 40.4. The maximum atomic E-state index is 13.3. The lowest BCUT2D eigenvalue weighted by Crippen LogP contribution is -2.50. The quantitative estimate of drug-likeness (QED) is 0.690. The van der Waals surface area contributed by atoms with Crippen LogP contribution in [-0.4, -0.2) is 47.0 Å². The minimum Gasteiger partial charge on any atom is -0.444 e. The van der Waals surface area contributed by atoms with Gasteiger partial charge in [-0.1, -0.05) is 25.1 Å². The normalized spacial score (nSPS) is 18.9. The van der Waals surface area contributed by atoms with E-state index in [2.05, 4.69) is 17.6 Å². The van der Waals surface area contributed by atoms with Gasteiger partial charge in [0.25, 0.3) is 0 Å². The van der Waals surface area contributed by atoms with Crippen LogP contribution < -0.4 is 10.6 Å². The summed E-state index contributed by atoms with van der Waals surface area (Å²) in [6, 6.07) is 4.94. The second-order valence-corrected chi connectivity index (χ2v) is 9.79. The highest BCUT2D eigenvalue weighted by molar-refractivity contribution is 5.91. The van der Waals surface area contributed by atoms with Crippen molar-refractivity contribution < 1.29 is 19.1 Å². The van der Waals surface area contributed by atoms with Gasteiger partial charge in [0.15, 0.2) is 0 Å². The number of rotatable bonds is 7. The summed E-state index contributed by atoms with van der Waals surface area (Å²) in [6.45, 7) is 14.9. The highest BCUT2D eigenvalue weighted by atomic mass is 16.6. The molecule has 0 saturated heterocycles. The molecule has 2 rings (SSSR count). The molecule has 7 nitrogen and oxygen atoms in total. The molecule has 2 N–H and O–H groups in total. The lowest BCUT2D eigenvalue weighted by Gasteiger charge is -2.33. The van der Waals surface area contributed by atoms with Gasteiger partial charge in [-0.25, -0.2) is 4.79 Å². The highest BCUT2D eigenvalue weighted by Crippen LogP contribution is 2.41. The lowest BCUT2D eigenvalue weighted by molar-refractivity contribution is -0.141. The third-order valence-electron chi connectivity index (χ3n) is 5.39. The number of hydrogen-bond donors (Lipinski definition) is 2. The van der Waals surface area contributed by atoms with Crippen molar-refractivity contribution in [2.45, 2.75) is 85.5 Å². The Balaban J connectivity index is 2.35. The molecule has 3 amide bonds. The van der Waals surface area contributed by atoms with E-state index in [4.69, 9.17) is 4.74 Å². The molecule has 0 aromatic heterocycles. The van der Waals surface area contributed by atoms with E-state index in [0.29, 0.717) is 5.92 Å². The Morgan fingerprint density at radius 3 is 2.32 bits per heavy atom. The van der Waals surface area contributed by atoms with Crippen LogP contribution in [-0.2, 0) is 14.3 Å². The molecule has 7 heteroatoms. The van der Waals surface area contributed by atoms with Crippen molar-refractivity contribution in [2.75, 3.05) is 6.54 Å². The van der Waals surface area contributed by atoms with Crippen LogP contribution in [0.3, 0.4) is 0 Å². The van der Waals surface area contributed by atoms with Crippen molar-refractivity contribution in [1.82, 2.24) is 15.5 Å². The first-order valence-electron chi connectivity index (χ1n) is 11.0. The summed E-state index contributed by atoms with van der Waals surface area (Å²) >= 11 is 0. The maximum absolute atomic E-state index is 13.3. The standard InChI is InChI=1S/C24H37N3O4/c1-14(2)26-22(29)21(18-11-9-10-15(3)17(18)5)27(19-12-16(19)4)20(28)13-25-23(30)31-24(6,7)8/h9-11,14,16,19,21H,12-13H2,1-8H3,(H,25,30)(H,26,29). The molecule has 3 atom stereocenters. The van der Waals surface area contributed by atoms with Gasteiger partial charge in [-0.05, 0) is 77.5 Å². The molecular formula is C24H37N3O4. The van der Waals surface area contributed by atoms with Gasteiger partial charge in [0.05, 0.1) is 0 Å². The fourth-order valence-corrected chi connectivity index (χ4v) is 3.61. The summed E-state index contributed by atoms with van der Waals surface area (Å²) in [7, 11) is 0. The van der Waals surface area contributed by atoms with Crippen LogP contribution in [0.4, 0.5) is 4.79 Å². The van der Waals surface area contributed by atoms with Crippen LogP contribution >= 0.6 is 0 Å². The first kappa shape index (κ1) is 24.7. The van der Waals surface area contributed by atoms with E-state index in [1.165, 1.54) is 0 Å². The van der Waals surface area contributed by atoms with E-state index >= 15 is 0 Å². The van der Waals surface area contributed by atoms with E-state index in [1.807, 2.05) is 45.9 Å². The molecule has 1 aliphatic carbocycles. The lowest BCUT2D eigenvalue weighted by atomic mass is 9.95. The summed E-state index contributed by atoms with van der Waals surface area (Å²) in [5.41, 5.74) is 2.19. The number of nitrogens with one attached hydrogen (secondary N) is 2. The van der Waals surface area contributed by atoms with Crippen LogP contribution in [0.1, 0.15) is 70.7 Å². The van der Waals surface area contributed by atoms with Gasteiger partial charge in [0, 0.05) is 12.1 Å². The number of benzene rings is 1. The molecule has 1 aromatic rings. The Hall–Kier alpha value is -2.57. The topological polar surface area (TPSA) is 87.7 Å².